The molecule has 0 N–H and O–H groups in total. The molecular weight excluding hydrogens is 411 g/mol. The summed E-state index contributed by atoms with van der Waals surface area (Å²) in [6.07, 6.45) is 1.43. The summed E-state index contributed by atoms with van der Waals surface area (Å²) >= 11 is 0. The molecule has 1 atom stereocenters. The summed E-state index contributed by atoms with van der Waals surface area (Å²) in [4.78, 5) is 17.2. The van der Waals surface area contributed by atoms with Crippen LogP contribution in [0.3, 0.4) is 0 Å². The van der Waals surface area contributed by atoms with Gasteiger partial charge in [0.05, 0.1) is 32.6 Å². The number of carbonyl (C=O) groups excluding carboxylic acids is 1. The van der Waals surface area contributed by atoms with E-state index in [0.717, 1.165) is 24.4 Å². The number of methoxy groups -OCH3 is 1. The SMILES string of the molecule is COc1ccccc1CN1CCOC(CN(Cc2ccco2)C(=O)c2ccc(F)cc2)C1. The van der Waals surface area contributed by atoms with E-state index in [0.29, 0.717) is 37.6 Å². The van der Waals surface area contributed by atoms with Gasteiger partial charge in [0.2, 0.25) is 0 Å². The Balaban J connectivity index is 1.46. The second-order valence-corrected chi connectivity index (χ2v) is 7.81. The lowest BCUT2D eigenvalue weighted by molar-refractivity contribution is -0.0443. The minimum absolute atomic E-state index is 0.155. The molecule has 0 radical (unpaired) electrons. The molecule has 1 amide bonds. The van der Waals surface area contributed by atoms with Crippen molar-refractivity contribution in [1.29, 1.82) is 0 Å². The molecule has 1 aliphatic rings. The topological polar surface area (TPSA) is 55.2 Å². The van der Waals surface area contributed by atoms with Crippen LogP contribution >= 0.6 is 0 Å². The lowest BCUT2D eigenvalue weighted by Gasteiger charge is -2.35. The third-order valence-electron chi connectivity index (χ3n) is 5.54. The van der Waals surface area contributed by atoms with Crippen molar-refractivity contribution < 1.29 is 23.1 Å². The van der Waals surface area contributed by atoms with Crippen LogP contribution in [0.4, 0.5) is 4.39 Å². The third-order valence-corrected chi connectivity index (χ3v) is 5.54. The Labute approximate surface area is 187 Å². The van der Waals surface area contributed by atoms with Gasteiger partial charge in [0.15, 0.2) is 0 Å². The Morgan fingerprint density at radius 1 is 1.16 bits per heavy atom. The number of amides is 1. The van der Waals surface area contributed by atoms with E-state index in [1.807, 2.05) is 24.3 Å². The van der Waals surface area contributed by atoms with E-state index in [9.17, 15) is 9.18 Å². The molecule has 1 aromatic heterocycles. The number of halogens is 1. The quantitative estimate of drug-likeness (QED) is 0.533. The highest BCUT2D eigenvalue weighted by atomic mass is 19.1. The number of para-hydroxylation sites is 1. The molecule has 0 saturated carbocycles. The molecular formula is C25H27FN2O4. The maximum atomic E-state index is 13.3. The maximum Gasteiger partial charge on any atom is 0.254 e. The lowest BCUT2D eigenvalue weighted by Crippen LogP contribution is -2.48. The van der Waals surface area contributed by atoms with Gasteiger partial charge in [-0.1, -0.05) is 18.2 Å². The van der Waals surface area contributed by atoms with Gasteiger partial charge in [0.25, 0.3) is 5.91 Å². The van der Waals surface area contributed by atoms with Gasteiger partial charge in [-0.25, -0.2) is 4.39 Å². The van der Waals surface area contributed by atoms with Gasteiger partial charge < -0.3 is 18.8 Å². The highest BCUT2D eigenvalue weighted by molar-refractivity contribution is 5.94. The van der Waals surface area contributed by atoms with Crippen molar-refractivity contribution in [1.82, 2.24) is 9.80 Å². The minimum atomic E-state index is -0.373. The molecule has 1 saturated heterocycles. The zero-order valence-corrected chi connectivity index (χ0v) is 18.1. The van der Waals surface area contributed by atoms with Crippen LogP contribution in [0.25, 0.3) is 0 Å². The first-order valence-electron chi connectivity index (χ1n) is 10.7. The summed E-state index contributed by atoms with van der Waals surface area (Å²) in [5, 5.41) is 0. The van der Waals surface area contributed by atoms with E-state index in [1.54, 1.807) is 24.3 Å². The third kappa shape index (κ3) is 5.55. The molecule has 0 aliphatic carbocycles. The summed E-state index contributed by atoms with van der Waals surface area (Å²) < 4.78 is 30.3. The van der Waals surface area contributed by atoms with Crippen LogP contribution in [0.1, 0.15) is 21.7 Å². The summed E-state index contributed by atoms with van der Waals surface area (Å²) in [5.74, 6) is 0.984. The summed E-state index contributed by atoms with van der Waals surface area (Å²) in [6.45, 7) is 3.53. The second-order valence-electron chi connectivity index (χ2n) is 7.81. The van der Waals surface area contributed by atoms with Crippen LogP contribution in [0, 0.1) is 5.82 Å². The Morgan fingerprint density at radius 2 is 1.97 bits per heavy atom. The smallest absolute Gasteiger partial charge is 0.254 e. The number of rotatable bonds is 8. The van der Waals surface area contributed by atoms with Crippen LogP contribution in [0.5, 0.6) is 5.75 Å². The van der Waals surface area contributed by atoms with Crippen molar-refractivity contribution in [3.8, 4) is 5.75 Å². The monoisotopic (exact) mass is 438 g/mol. The predicted octanol–water partition coefficient (Wildman–Crippen LogP) is 3.97. The molecule has 32 heavy (non-hydrogen) atoms. The average Bonchev–Trinajstić information content (AvgIpc) is 3.32. The Morgan fingerprint density at radius 3 is 2.72 bits per heavy atom. The van der Waals surface area contributed by atoms with E-state index in [4.69, 9.17) is 13.9 Å². The zero-order valence-electron chi connectivity index (χ0n) is 18.1. The molecule has 1 unspecified atom stereocenters. The van der Waals surface area contributed by atoms with Crippen LogP contribution in [0.15, 0.2) is 71.3 Å². The Kier molecular flexibility index (Phi) is 7.19. The fraction of sp³-hybridized carbons (Fsp3) is 0.320. The molecule has 1 fully saturated rings. The maximum absolute atomic E-state index is 13.3. The number of ether oxygens (including phenoxy) is 2. The van der Waals surface area contributed by atoms with Crippen LogP contribution in [-0.4, -0.2) is 55.2 Å². The first kappa shape index (κ1) is 22.0. The molecule has 168 valence electrons. The molecule has 1 aliphatic heterocycles. The first-order valence-corrected chi connectivity index (χ1v) is 10.7. The normalized spacial score (nSPS) is 16.6. The van der Waals surface area contributed by atoms with Crippen LogP contribution < -0.4 is 4.74 Å². The number of nitrogens with zero attached hydrogens (tertiary/aromatic N) is 2. The van der Waals surface area contributed by atoms with E-state index in [1.165, 1.54) is 24.3 Å². The molecule has 0 bridgehead atoms. The van der Waals surface area contributed by atoms with Gasteiger partial charge in [0, 0.05) is 37.3 Å². The van der Waals surface area contributed by atoms with E-state index >= 15 is 0 Å². The van der Waals surface area contributed by atoms with Gasteiger partial charge in [0.1, 0.15) is 17.3 Å². The van der Waals surface area contributed by atoms with Crippen molar-refractivity contribution in [2.45, 2.75) is 19.2 Å². The Hall–Kier alpha value is -3.16. The van der Waals surface area contributed by atoms with Crippen molar-refractivity contribution in [3.05, 3.63) is 89.6 Å². The van der Waals surface area contributed by atoms with Gasteiger partial charge in [-0.05, 0) is 42.5 Å². The zero-order chi connectivity index (χ0) is 22.3. The lowest BCUT2D eigenvalue weighted by atomic mass is 10.1. The average molecular weight is 438 g/mol. The molecule has 7 heteroatoms. The fourth-order valence-corrected chi connectivity index (χ4v) is 3.94. The number of benzene rings is 2. The second kappa shape index (κ2) is 10.4. The number of carbonyl (C=O) groups is 1. The largest absolute Gasteiger partial charge is 0.496 e. The fourth-order valence-electron chi connectivity index (χ4n) is 3.94. The summed E-state index contributed by atoms with van der Waals surface area (Å²) in [7, 11) is 1.68. The van der Waals surface area contributed by atoms with Gasteiger partial charge >= 0.3 is 0 Å². The molecule has 2 aromatic carbocycles. The highest BCUT2D eigenvalue weighted by Gasteiger charge is 2.27. The molecule has 4 rings (SSSR count). The molecule has 3 aromatic rings. The molecule has 6 nitrogen and oxygen atoms in total. The van der Waals surface area contributed by atoms with Crippen molar-refractivity contribution in [3.63, 3.8) is 0 Å². The number of hydrogen-bond donors (Lipinski definition) is 0. The molecule has 0 spiro atoms. The van der Waals surface area contributed by atoms with Gasteiger partial charge in [-0.15, -0.1) is 0 Å². The van der Waals surface area contributed by atoms with Crippen molar-refractivity contribution in [2.75, 3.05) is 33.4 Å². The highest BCUT2D eigenvalue weighted by Crippen LogP contribution is 2.21. The van der Waals surface area contributed by atoms with E-state index in [2.05, 4.69) is 11.0 Å². The predicted molar refractivity (Wildman–Crippen MR) is 118 cm³/mol. The first-order chi connectivity index (χ1) is 15.6. The summed E-state index contributed by atoms with van der Waals surface area (Å²) in [5.41, 5.74) is 1.55. The van der Waals surface area contributed by atoms with Crippen LogP contribution in [-0.2, 0) is 17.8 Å². The van der Waals surface area contributed by atoms with E-state index in [-0.39, 0.29) is 17.8 Å². The van der Waals surface area contributed by atoms with Crippen molar-refractivity contribution in [2.24, 2.45) is 0 Å². The van der Waals surface area contributed by atoms with Crippen LogP contribution in [0.2, 0.25) is 0 Å². The number of hydrogen-bond acceptors (Lipinski definition) is 5. The van der Waals surface area contributed by atoms with Gasteiger partial charge in [-0.3, -0.25) is 9.69 Å². The number of furan rings is 1. The summed E-state index contributed by atoms with van der Waals surface area (Å²) in [6, 6.07) is 17.2. The molecule has 2 heterocycles. The van der Waals surface area contributed by atoms with Gasteiger partial charge in [-0.2, -0.15) is 0 Å². The minimum Gasteiger partial charge on any atom is -0.496 e. The number of morpholine rings is 1. The Bertz CT molecular complexity index is 1010. The van der Waals surface area contributed by atoms with Crippen molar-refractivity contribution >= 4 is 5.91 Å². The standard InChI is InChI=1S/C25H27FN2O4/c1-30-24-7-3-2-5-20(24)15-27-12-14-32-23(16-27)18-28(17-22-6-4-13-31-22)25(29)19-8-10-21(26)11-9-19/h2-11,13,23H,12,14-18H2,1H3. The van der Waals surface area contributed by atoms with E-state index < -0.39 is 0 Å².